The number of ether oxygens (including phenoxy) is 7. The van der Waals surface area contributed by atoms with E-state index in [1.54, 1.807) is 61.7 Å². The molecule has 13 rings (SSSR count). The molecule has 0 spiro atoms. The van der Waals surface area contributed by atoms with Crippen molar-refractivity contribution in [1.82, 2.24) is 31.9 Å². The number of urea groups is 6. The molecule has 12 amide bonds. The van der Waals surface area contributed by atoms with Crippen molar-refractivity contribution in [3.63, 3.8) is 0 Å². The fourth-order valence-electron chi connectivity index (χ4n) is 14.6. The van der Waals surface area contributed by atoms with Crippen LogP contribution in [0.2, 0.25) is 0 Å². The van der Waals surface area contributed by atoms with Gasteiger partial charge in [0.15, 0.2) is 0 Å². The highest BCUT2D eigenvalue weighted by Crippen LogP contribution is 2.42. The Morgan fingerprint density at radius 3 is 0.831 bits per heavy atom. The van der Waals surface area contributed by atoms with Crippen LogP contribution in [0.3, 0.4) is 0 Å². The zero-order chi connectivity index (χ0) is 104. The van der Waals surface area contributed by atoms with Crippen LogP contribution in [0, 0.1) is 93.6 Å². The number of hydrogen-bond donors (Lipinski definition) is 12. The first-order valence-corrected chi connectivity index (χ1v) is 47.6. The van der Waals surface area contributed by atoms with E-state index in [1.165, 1.54) is 88.5 Å². The SMILES string of the molecule is CCc1ccc(N(O)C(=O)NC)c(COc2ccc(C)cc2C)c1.CNC(=O)N(O)c1ccc(Br)cc1COc1ccc(C)cc1C.CNC(=O)N(O)c1ccc(C)cc1COc1ccc(C)cc1C.CNC(=O)N(O)c1ccc(C2CC2)cc1COc1ccc(C)cc1C.CNC(=O)N(O)c1ccc(I)cc1COc1ccc(C)cc1C.CNC(=O)N(O)c1ccc(OC)cc1COc1ccc(C)cc1C. The van der Waals surface area contributed by atoms with Crippen molar-refractivity contribution >= 4 is 109 Å². The van der Waals surface area contributed by atoms with Gasteiger partial charge in [0.05, 0.1) is 41.2 Å². The van der Waals surface area contributed by atoms with E-state index in [2.05, 4.69) is 95.5 Å². The third kappa shape index (κ3) is 33.3. The highest BCUT2D eigenvalue weighted by atomic mass is 127. The molecule has 0 radical (unpaired) electrons. The van der Waals surface area contributed by atoms with Gasteiger partial charge in [-0.05, 0) is 298 Å². The van der Waals surface area contributed by atoms with Crippen molar-refractivity contribution in [1.29, 1.82) is 0 Å². The van der Waals surface area contributed by atoms with Gasteiger partial charge in [-0.2, -0.15) is 30.4 Å². The normalized spacial score (nSPS) is 10.9. The summed E-state index contributed by atoms with van der Waals surface area (Å²) in [6.07, 6.45) is 3.24. The molecule has 33 heteroatoms. The molecule has 1 fully saturated rings. The minimum Gasteiger partial charge on any atom is -0.497 e. The molecule has 1 saturated carbocycles. The van der Waals surface area contributed by atoms with E-state index < -0.39 is 36.2 Å². The van der Waals surface area contributed by atoms with Crippen LogP contribution in [0.5, 0.6) is 40.2 Å². The molecule has 1 aliphatic carbocycles. The van der Waals surface area contributed by atoms with Crippen molar-refractivity contribution in [2.24, 2.45) is 0 Å². The number of aryl methyl sites for hydroxylation is 14. The number of hydrogen-bond acceptors (Lipinski definition) is 19. The van der Waals surface area contributed by atoms with Crippen LogP contribution in [-0.2, 0) is 46.1 Å². The van der Waals surface area contributed by atoms with Crippen molar-refractivity contribution in [3.8, 4) is 40.2 Å². The zero-order valence-corrected chi connectivity index (χ0v) is 87.9. The summed E-state index contributed by atoms with van der Waals surface area (Å²) in [5.74, 6) is 5.88. The maximum Gasteiger partial charge on any atom is 0.345 e. The molecule has 12 aromatic carbocycles. The van der Waals surface area contributed by atoms with Gasteiger partial charge >= 0.3 is 36.2 Å². The van der Waals surface area contributed by atoms with Gasteiger partial charge in [-0.3, -0.25) is 31.2 Å². The van der Waals surface area contributed by atoms with E-state index in [9.17, 15) is 60.0 Å². The molecule has 0 atom stereocenters. The second kappa shape index (κ2) is 55.1. The van der Waals surface area contributed by atoms with E-state index in [4.69, 9.17) is 33.2 Å². The second-order valence-electron chi connectivity index (χ2n) is 33.7. The van der Waals surface area contributed by atoms with Gasteiger partial charge in [0.2, 0.25) is 0 Å². The quantitative estimate of drug-likeness (QED) is 0.0129. The highest BCUT2D eigenvalue weighted by molar-refractivity contribution is 14.1. The monoisotopic (exact) mass is 2120 g/mol. The molecule has 0 aliphatic heterocycles. The number of nitrogens with zero attached hydrogens (tertiary/aromatic N) is 6. The van der Waals surface area contributed by atoms with E-state index in [0.29, 0.717) is 87.3 Å². The number of methoxy groups -OCH3 is 1. The molecule has 0 saturated heterocycles. The summed E-state index contributed by atoms with van der Waals surface area (Å²) < 4.78 is 42.4. The van der Waals surface area contributed by atoms with E-state index in [-0.39, 0.29) is 39.6 Å². The standard InChI is InChI=1S/C20H24N2O3.C19H24N2O3.C18H22N2O4.C18H22N2O3.C17H19BrN2O3.C17H19IN2O3/c1-13-4-9-19(14(2)10-13)25-12-17-11-16(15-5-6-15)7-8-18(17)22(24)20(23)21-3;1-5-15-7-8-17(21(23)19(22)20-4)16(11-15)12-24-18-9-6-13(2)10-14(18)3;1-12-5-8-17(13(2)9-12)24-11-14-10-15(23-4)6-7-16(14)20(22)18(21)19-3;1-12-6-8-17(14(3)9-12)23-11-15-10-13(2)5-7-16(15)20(22)18(21)19-4;2*1-11-4-7-16(12(2)8-11)23-10-13-9-14(18)5-6-15(13)20(22)17(21)19-3/h4,7-11,15,24H,5-6,12H2,1-3H3,(H,21,23);6-11,23H,5,12H2,1-4H3,(H,20,22);5-10,22H,11H2,1-4H3,(H,19,21);5-10,22H,11H2,1-4H3,(H,19,21);2*4-9,22H,10H2,1-3H3,(H,19,21). The average Bonchev–Trinajstić information content (AvgIpc) is 1.62. The lowest BCUT2D eigenvalue weighted by molar-refractivity contribution is 0.205. The predicted octanol–water partition coefficient (Wildman–Crippen LogP) is 23.6. The van der Waals surface area contributed by atoms with Crippen LogP contribution in [0.4, 0.5) is 62.9 Å². The molecule has 0 unspecified atom stereocenters. The fraction of sp³-hybridized carbons (Fsp3) is 0.284. The van der Waals surface area contributed by atoms with E-state index in [0.717, 1.165) is 121 Å². The number of nitrogens with one attached hydrogen (secondary N) is 6. The highest BCUT2D eigenvalue weighted by Gasteiger charge is 2.28. The minimum atomic E-state index is -0.632. The number of hydroxylamine groups is 6. The summed E-state index contributed by atoms with van der Waals surface area (Å²) in [5, 5.41) is 78.3. The van der Waals surface area contributed by atoms with Gasteiger partial charge in [0.25, 0.3) is 0 Å². The van der Waals surface area contributed by atoms with Crippen molar-refractivity contribution in [2.75, 3.05) is 79.8 Å². The van der Waals surface area contributed by atoms with Gasteiger partial charge in [0, 0.05) is 83.7 Å². The number of carbonyl (C=O) groups is 6. The maximum atomic E-state index is 11.8. The van der Waals surface area contributed by atoms with Crippen molar-refractivity contribution < 1.29 is 93.2 Å². The van der Waals surface area contributed by atoms with Crippen LogP contribution < -0.4 is 95.4 Å². The number of rotatable bonds is 27. The average molecular weight is 2120 g/mol. The maximum absolute atomic E-state index is 11.8. The minimum absolute atomic E-state index is 0.185. The van der Waals surface area contributed by atoms with Crippen molar-refractivity contribution in [3.05, 3.63) is 343 Å². The van der Waals surface area contributed by atoms with Crippen LogP contribution >= 0.6 is 38.5 Å². The molecule has 754 valence electrons. The molecule has 31 nitrogen and oxygen atoms in total. The Morgan fingerprint density at radius 2 is 0.542 bits per heavy atom. The van der Waals surface area contributed by atoms with Crippen LogP contribution in [0.25, 0.3) is 0 Å². The van der Waals surface area contributed by atoms with Gasteiger partial charge in [-0.15, -0.1) is 0 Å². The molecule has 0 aromatic heterocycles. The molecule has 142 heavy (non-hydrogen) atoms. The first kappa shape index (κ1) is 113. The van der Waals surface area contributed by atoms with Crippen LogP contribution in [0.1, 0.15) is 143 Å². The summed E-state index contributed by atoms with van der Waals surface area (Å²) in [6.45, 7) is 29.6. The Labute approximate surface area is 853 Å². The zero-order valence-electron chi connectivity index (χ0n) is 84.2. The first-order valence-electron chi connectivity index (χ1n) is 45.7. The third-order valence-electron chi connectivity index (χ3n) is 22.4. The lowest BCUT2D eigenvalue weighted by Gasteiger charge is -2.20. The molecule has 1 aliphatic rings. The Morgan fingerprint density at radius 1 is 0.303 bits per heavy atom. The second-order valence-corrected chi connectivity index (χ2v) is 35.9. The Kier molecular flexibility index (Phi) is 43.9. The lowest BCUT2D eigenvalue weighted by Crippen LogP contribution is -2.36. The van der Waals surface area contributed by atoms with Gasteiger partial charge in [0.1, 0.15) is 79.9 Å². The smallest absolute Gasteiger partial charge is 0.345 e. The van der Waals surface area contributed by atoms with Crippen LogP contribution in [-0.4, -0.2) is 117 Å². The number of benzene rings is 12. The summed E-state index contributed by atoms with van der Waals surface area (Å²) in [7, 11) is 10.3. The van der Waals surface area contributed by atoms with E-state index >= 15 is 0 Å². The molecule has 0 bridgehead atoms. The summed E-state index contributed by atoms with van der Waals surface area (Å²) in [4.78, 5) is 70.1. The molecular weight excluding hydrogens is 1990 g/mol. The summed E-state index contributed by atoms with van der Waals surface area (Å²) in [6, 6.07) is 64.6. The number of anilines is 6. The van der Waals surface area contributed by atoms with Gasteiger partial charge in [-0.1, -0.05) is 165 Å². The van der Waals surface area contributed by atoms with Gasteiger partial charge in [-0.25, -0.2) is 28.8 Å². The molecule has 12 N–H and O–H groups in total. The summed E-state index contributed by atoms with van der Waals surface area (Å²) in [5.41, 5.74) is 23.3. The Balaban J connectivity index is 0.000000209. The van der Waals surface area contributed by atoms with E-state index in [1.807, 2.05) is 236 Å². The number of carbonyl (C=O) groups excluding carboxylic acids is 6. The molecule has 0 heterocycles. The van der Waals surface area contributed by atoms with Crippen LogP contribution in [0.15, 0.2) is 223 Å². The van der Waals surface area contributed by atoms with Crippen molar-refractivity contribution in [2.45, 2.75) is 162 Å². The molecular formula is C109H130BrIN12O19. The first-order chi connectivity index (χ1) is 67.7. The lowest BCUT2D eigenvalue weighted by atomic mass is 10.1. The topological polar surface area (TPSA) is 380 Å². The van der Waals surface area contributed by atoms with Gasteiger partial charge < -0.3 is 65.1 Å². The third-order valence-corrected chi connectivity index (χ3v) is 23.6. The largest absolute Gasteiger partial charge is 0.497 e. The fourth-order valence-corrected chi connectivity index (χ4v) is 15.5. The Bertz CT molecular complexity index is 5930. The number of halogens is 2. The number of amides is 12. The predicted molar refractivity (Wildman–Crippen MR) is 566 cm³/mol. The summed E-state index contributed by atoms with van der Waals surface area (Å²) >= 11 is 5.57. The molecule has 12 aromatic rings. The Hall–Kier alpha value is -14.2.